The van der Waals surface area contributed by atoms with E-state index < -0.39 is 0 Å². The van der Waals surface area contributed by atoms with Crippen molar-refractivity contribution in [1.82, 2.24) is 5.16 Å². The van der Waals surface area contributed by atoms with Crippen LogP contribution >= 0.6 is 0 Å². The molecule has 0 saturated carbocycles. The molecule has 0 bridgehead atoms. The van der Waals surface area contributed by atoms with Crippen molar-refractivity contribution in [2.24, 2.45) is 5.92 Å². The molecule has 0 N–H and O–H groups in total. The minimum atomic E-state index is -0.155. The van der Waals surface area contributed by atoms with Gasteiger partial charge in [0.25, 0.3) is 0 Å². The first-order valence-corrected chi connectivity index (χ1v) is 9.23. The molecule has 6 heteroatoms. The van der Waals surface area contributed by atoms with Crippen LogP contribution in [-0.4, -0.2) is 24.3 Å². The Morgan fingerprint density at radius 3 is 2.58 bits per heavy atom. The predicted octanol–water partition coefficient (Wildman–Crippen LogP) is 4.37. The number of rotatable bonds is 8. The third-order valence-electron chi connectivity index (χ3n) is 4.36. The van der Waals surface area contributed by atoms with Crippen molar-refractivity contribution in [3.8, 4) is 22.8 Å². The molecule has 0 saturated heterocycles. The van der Waals surface area contributed by atoms with Gasteiger partial charge in [0.05, 0.1) is 5.92 Å². The van der Waals surface area contributed by atoms with Crippen LogP contribution in [0.3, 0.4) is 0 Å². The molecule has 0 fully saturated rings. The fourth-order valence-electron chi connectivity index (χ4n) is 3.05. The van der Waals surface area contributed by atoms with E-state index in [4.69, 9.17) is 18.7 Å². The van der Waals surface area contributed by atoms with Crippen molar-refractivity contribution in [3.05, 3.63) is 30.0 Å². The van der Waals surface area contributed by atoms with Gasteiger partial charge in [0.2, 0.25) is 0 Å². The summed E-state index contributed by atoms with van der Waals surface area (Å²) in [7, 11) is 0. The number of benzene rings is 1. The van der Waals surface area contributed by atoms with E-state index in [1.807, 2.05) is 18.2 Å². The number of aromatic nitrogens is 1. The van der Waals surface area contributed by atoms with Crippen molar-refractivity contribution >= 4 is 5.97 Å². The standard InChI is InChI=1S/C20H25NO5/c1-3-5-14(6-4-2)20(22)25-13-16-12-18(26-21-16)15-7-8-17-19(11-15)24-10-9-23-17/h7-8,11-12,14H,3-6,9-10,13H2,1-2H3. The molecule has 0 aliphatic carbocycles. The molecule has 1 aromatic carbocycles. The average Bonchev–Trinajstić information content (AvgIpc) is 3.14. The largest absolute Gasteiger partial charge is 0.486 e. The summed E-state index contributed by atoms with van der Waals surface area (Å²) in [6, 6.07) is 7.39. The molecule has 0 amide bonds. The fraction of sp³-hybridized carbons (Fsp3) is 0.500. The highest BCUT2D eigenvalue weighted by atomic mass is 16.6. The van der Waals surface area contributed by atoms with E-state index in [0.717, 1.165) is 37.0 Å². The van der Waals surface area contributed by atoms with E-state index in [9.17, 15) is 4.79 Å². The Morgan fingerprint density at radius 1 is 1.12 bits per heavy atom. The maximum atomic E-state index is 12.2. The van der Waals surface area contributed by atoms with E-state index in [2.05, 4.69) is 19.0 Å². The van der Waals surface area contributed by atoms with Crippen LogP contribution in [0.1, 0.15) is 45.2 Å². The Morgan fingerprint density at radius 2 is 1.85 bits per heavy atom. The number of esters is 1. The third-order valence-corrected chi connectivity index (χ3v) is 4.36. The van der Waals surface area contributed by atoms with Gasteiger partial charge in [-0.25, -0.2) is 0 Å². The zero-order valence-corrected chi connectivity index (χ0v) is 15.3. The molecule has 2 heterocycles. The van der Waals surface area contributed by atoms with Gasteiger partial charge in [-0.1, -0.05) is 31.8 Å². The zero-order chi connectivity index (χ0) is 18.4. The minimum Gasteiger partial charge on any atom is -0.486 e. The molecule has 6 nitrogen and oxygen atoms in total. The first kappa shape index (κ1) is 18.3. The van der Waals surface area contributed by atoms with Crippen LogP contribution in [0.4, 0.5) is 0 Å². The van der Waals surface area contributed by atoms with Gasteiger partial charge in [0.15, 0.2) is 17.3 Å². The highest BCUT2D eigenvalue weighted by Gasteiger charge is 2.19. The lowest BCUT2D eigenvalue weighted by Gasteiger charge is -2.18. The summed E-state index contributed by atoms with van der Waals surface area (Å²) in [6.45, 7) is 5.36. The van der Waals surface area contributed by atoms with Crippen molar-refractivity contribution in [2.45, 2.75) is 46.1 Å². The summed E-state index contributed by atoms with van der Waals surface area (Å²) >= 11 is 0. The molecule has 26 heavy (non-hydrogen) atoms. The normalized spacial score (nSPS) is 13.0. The van der Waals surface area contributed by atoms with Crippen LogP contribution in [0.5, 0.6) is 11.5 Å². The second kappa shape index (κ2) is 8.74. The van der Waals surface area contributed by atoms with Crippen LogP contribution in [0, 0.1) is 5.92 Å². The van der Waals surface area contributed by atoms with Gasteiger partial charge in [-0.15, -0.1) is 0 Å². The zero-order valence-electron chi connectivity index (χ0n) is 15.3. The summed E-state index contributed by atoms with van der Waals surface area (Å²) < 4.78 is 21.9. The molecule has 1 aliphatic heterocycles. The van der Waals surface area contributed by atoms with Crippen LogP contribution in [-0.2, 0) is 16.1 Å². The average molecular weight is 359 g/mol. The third kappa shape index (κ3) is 4.36. The summed E-state index contributed by atoms with van der Waals surface area (Å²) in [6.07, 6.45) is 3.65. The van der Waals surface area contributed by atoms with Gasteiger partial charge < -0.3 is 18.7 Å². The van der Waals surface area contributed by atoms with E-state index in [1.165, 1.54) is 0 Å². The van der Waals surface area contributed by atoms with Gasteiger partial charge in [0.1, 0.15) is 25.5 Å². The SMILES string of the molecule is CCCC(CCC)C(=O)OCc1cc(-c2ccc3c(c2)OCCO3)on1. The van der Waals surface area contributed by atoms with E-state index in [0.29, 0.717) is 30.4 Å². The lowest BCUT2D eigenvalue weighted by Crippen LogP contribution is -2.17. The van der Waals surface area contributed by atoms with Crippen LogP contribution in [0.25, 0.3) is 11.3 Å². The number of fused-ring (bicyclic) bond motifs is 1. The Kier molecular flexibility index (Phi) is 6.15. The summed E-state index contributed by atoms with van der Waals surface area (Å²) in [5, 5.41) is 4.00. The number of carbonyl (C=O) groups excluding carboxylic acids is 1. The molecule has 140 valence electrons. The first-order valence-electron chi connectivity index (χ1n) is 9.23. The van der Waals surface area contributed by atoms with Crippen molar-refractivity contribution in [1.29, 1.82) is 0 Å². The molecule has 0 atom stereocenters. The van der Waals surface area contributed by atoms with Gasteiger partial charge in [-0.3, -0.25) is 4.79 Å². The van der Waals surface area contributed by atoms with Crippen molar-refractivity contribution < 1.29 is 23.5 Å². The lowest BCUT2D eigenvalue weighted by atomic mass is 9.99. The predicted molar refractivity (Wildman–Crippen MR) is 96.0 cm³/mol. The molecule has 0 radical (unpaired) electrons. The molecule has 3 rings (SSSR count). The monoisotopic (exact) mass is 359 g/mol. The lowest BCUT2D eigenvalue weighted by molar-refractivity contribution is -0.150. The second-order valence-corrected chi connectivity index (χ2v) is 6.42. The van der Waals surface area contributed by atoms with Crippen molar-refractivity contribution in [3.63, 3.8) is 0 Å². The Hall–Kier alpha value is -2.50. The van der Waals surface area contributed by atoms with Gasteiger partial charge in [0, 0.05) is 11.6 Å². The summed E-state index contributed by atoms with van der Waals surface area (Å²) in [5.74, 6) is 1.84. The molecule has 1 aromatic heterocycles. The first-order chi connectivity index (χ1) is 12.7. The smallest absolute Gasteiger partial charge is 0.309 e. The Labute approximate surface area is 153 Å². The van der Waals surface area contributed by atoms with E-state index in [-0.39, 0.29) is 18.5 Å². The number of ether oxygens (including phenoxy) is 3. The van der Waals surface area contributed by atoms with Gasteiger partial charge in [-0.2, -0.15) is 0 Å². The highest BCUT2D eigenvalue weighted by Crippen LogP contribution is 2.34. The fourth-order valence-corrected chi connectivity index (χ4v) is 3.05. The molecular weight excluding hydrogens is 334 g/mol. The minimum absolute atomic E-state index is 0.0332. The maximum Gasteiger partial charge on any atom is 0.309 e. The molecule has 0 spiro atoms. The van der Waals surface area contributed by atoms with Gasteiger partial charge >= 0.3 is 5.97 Å². The Bertz CT molecular complexity index is 734. The molecule has 0 unspecified atom stereocenters. The maximum absolute atomic E-state index is 12.2. The number of carbonyl (C=O) groups is 1. The Balaban J connectivity index is 1.62. The molecule has 2 aromatic rings. The molecule has 1 aliphatic rings. The second-order valence-electron chi connectivity index (χ2n) is 6.42. The topological polar surface area (TPSA) is 70.8 Å². The van der Waals surface area contributed by atoms with Crippen LogP contribution in [0.2, 0.25) is 0 Å². The van der Waals surface area contributed by atoms with Gasteiger partial charge in [-0.05, 0) is 31.0 Å². The van der Waals surface area contributed by atoms with Crippen LogP contribution in [0.15, 0.2) is 28.8 Å². The van der Waals surface area contributed by atoms with E-state index >= 15 is 0 Å². The molecular formula is C20H25NO5. The highest BCUT2D eigenvalue weighted by molar-refractivity contribution is 5.72. The summed E-state index contributed by atoms with van der Waals surface area (Å²) in [4.78, 5) is 12.2. The number of nitrogens with zero attached hydrogens (tertiary/aromatic N) is 1. The summed E-state index contributed by atoms with van der Waals surface area (Å²) in [5.41, 5.74) is 1.43. The van der Waals surface area contributed by atoms with E-state index in [1.54, 1.807) is 6.07 Å². The quantitative estimate of drug-likeness (QED) is 0.652. The van der Waals surface area contributed by atoms with Crippen molar-refractivity contribution in [2.75, 3.05) is 13.2 Å². The number of hydrogen-bond donors (Lipinski definition) is 0. The number of hydrogen-bond acceptors (Lipinski definition) is 6. The van der Waals surface area contributed by atoms with Crippen LogP contribution < -0.4 is 9.47 Å².